The highest BCUT2D eigenvalue weighted by Gasteiger charge is 2.26. The second-order valence-corrected chi connectivity index (χ2v) is 5.86. The van der Waals surface area contributed by atoms with E-state index in [1.54, 1.807) is 6.92 Å². The van der Waals surface area contributed by atoms with Crippen LogP contribution in [0.5, 0.6) is 0 Å². The van der Waals surface area contributed by atoms with Crippen LogP contribution in [-0.2, 0) is 14.8 Å². The van der Waals surface area contributed by atoms with Gasteiger partial charge in [-0.15, -0.1) is 11.6 Å². The van der Waals surface area contributed by atoms with E-state index in [2.05, 4.69) is 0 Å². The highest BCUT2D eigenvalue weighted by Crippen LogP contribution is 2.09. The Morgan fingerprint density at radius 2 is 2.00 bits per heavy atom. The van der Waals surface area contributed by atoms with Crippen LogP contribution in [0.3, 0.4) is 0 Å². The molecule has 6 heteroatoms. The van der Waals surface area contributed by atoms with E-state index < -0.39 is 15.3 Å². The van der Waals surface area contributed by atoms with Crippen LogP contribution in [0.2, 0.25) is 0 Å². The van der Waals surface area contributed by atoms with Crippen molar-refractivity contribution in [3.8, 4) is 0 Å². The maximum absolute atomic E-state index is 11.9. The zero-order valence-corrected chi connectivity index (χ0v) is 11.1. The number of hydrogen-bond acceptors (Lipinski definition) is 3. The van der Waals surface area contributed by atoms with Crippen LogP contribution in [0.4, 0.5) is 0 Å². The van der Waals surface area contributed by atoms with Gasteiger partial charge in [0.1, 0.15) is 0 Å². The first-order chi connectivity index (χ1) is 7.00. The summed E-state index contributed by atoms with van der Waals surface area (Å²) in [6.07, 6.45) is 0. The molecule has 0 saturated carbocycles. The number of hydrogen-bond donors (Lipinski definition) is 0. The minimum Gasteiger partial charge on any atom is -0.380 e. The van der Waals surface area contributed by atoms with Gasteiger partial charge in [0.2, 0.25) is 10.0 Å². The van der Waals surface area contributed by atoms with Crippen LogP contribution in [0.15, 0.2) is 0 Å². The summed E-state index contributed by atoms with van der Waals surface area (Å²) in [6.45, 7) is 7.19. The van der Waals surface area contributed by atoms with E-state index in [9.17, 15) is 8.42 Å². The average molecular weight is 258 g/mol. The summed E-state index contributed by atoms with van der Waals surface area (Å²) in [6, 6.07) is 0. The highest BCUT2D eigenvalue weighted by atomic mass is 35.5. The summed E-state index contributed by atoms with van der Waals surface area (Å²) in [5.41, 5.74) is 0. The van der Waals surface area contributed by atoms with E-state index in [-0.39, 0.29) is 5.88 Å². The van der Waals surface area contributed by atoms with E-state index >= 15 is 0 Å². The van der Waals surface area contributed by atoms with Crippen molar-refractivity contribution in [3.05, 3.63) is 0 Å². The van der Waals surface area contributed by atoms with Crippen molar-refractivity contribution in [2.24, 2.45) is 0 Å². The lowest BCUT2D eigenvalue weighted by Crippen LogP contribution is -2.40. The molecule has 0 aliphatic carbocycles. The zero-order chi connectivity index (χ0) is 11.9. The largest absolute Gasteiger partial charge is 0.380 e. The van der Waals surface area contributed by atoms with Gasteiger partial charge in [0, 0.05) is 25.6 Å². The van der Waals surface area contributed by atoms with Gasteiger partial charge in [-0.05, 0) is 13.8 Å². The SMILES string of the molecule is CCOCCN(CC)S(=O)(=O)C(C)CCl. The van der Waals surface area contributed by atoms with Gasteiger partial charge in [-0.3, -0.25) is 0 Å². The first kappa shape index (κ1) is 15.2. The van der Waals surface area contributed by atoms with Crippen molar-refractivity contribution < 1.29 is 13.2 Å². The van der Waals surface area contributed by atoms with Gasteiger partial charge in [-0.2, -0.15) is 4.31 Å². The van der Waals surface area contributed by atoms with Crippen molar-refractivity contribution in [1.82, 2.24) is 4.31 Å². The van der Waals surface area contributed by atoms with E-state index in [0.717, 1.165) is 0 Å². The van der Waals surface area contributed by atoms with Crippen molar-refractivity contribution in [1.29, 1.82) is 0 Å². The van der Waals surface area contributed by atoms with Gasteiger partial charge >= 0.3 is 0 Å². The van der Waals surface area contributed by atoms with Gasteiger partial charge < -0.3 is 4.74 Å². The molecule has 0 aliphatic heterocycles. The standard InChI is InChI=1S/C9H20ClNO3S/c1-4-11(6-7-14-5-2)15(12,13)9(3)8-10/h9H,4-8H2,1-3H3. The van der Waals surface area contributed by atoms with Crippen LogP contribution in [0, 0.1) is 0 Å². The molecule has 15 heavy (non-hydrogen) atoms. The van der Waals surface area contributed by atoms with Crippen molar-refractivity contribution in [2.45, 2.75) is 26.0 Å². The van der Waals surface area contributed by atoms with Crippen molar-refractivity contribution in [2.75, 3.05) is 32.2 Å². The van der Waals surface area contributed by atoms with Crippen molar-refractivity contribution in [3.63, 3.8) is 0 Å². The number of halogens is 1. The highest BCUT2D eigenvalue weighted by molar-refractivity contribution is 7.89. The molecule has 0 rings (SSSR count). The maximum Gasteiger partial charge on any atom is 0.217 e. The van der Waals surface area contributed by atoms with E-state index in [4.69, 9.17) is 16.3 Å². The van der Waals surface area contributed by atoms with Gasteiger partial charge in [-0.25, -0.2) is 8.42 Å². The summed E-state index contributed by atoms with van der Waals surface area (Å²) in [4.78, 5) is 0. The lowest BCUT2D eigenvalue weighted by molar-refractivity contribution is 0.135. The third kappa shape index (κ3) is 4.68. The molecule has 0 aliphatic rings. The molecule has 0 aromatic rings. The lowest BCUT2D eigenvalue weighted by Gasteiger charge is -2.23. The van der Waals surface area contributed by atoms with E-state index in [1.165, 1.54) is 4.31 Å². The molecule has 0 aromatic carbocycles. The van der Waals surface area contributed by atoms with E-state index in [1.807, 2.05) is 13.8 Å². The number of alkyl halides is 1. The maximum atomic E-state index is 11.9. The topological polar surface area (TPSA) is 46.6 Å². The molecule has 0 fully saturated rings. The quantitative estimate of drug-likeness (QED) is 0.487. The predicted octanol–water partition coefficient (Wildman–Crippen LogP) is 1.30. The second kappa shape index (κ2) is 7.44. The molecule has 0 amide bonds. The third-order valence-corrected chi connectivity index (χ3v) is 5.12. The Morgan fingerprint density at radius 3 is 2.40 bits per heavy atom. The van der Waals surface area contributed by atoms with Gasteiger partial charge in [0.25, 0.3) is 0 Å². The van der Waals surface area contributed by atoms with Gasteiger partial charge in [-0.1, -0.05) is 6.92 Å². The normalized spacial score (nSPS) is 14.5. The molecule has 1 atom stereocenters. The number of rotatable bonds is 8. The Labute approximate surface area is 97.6 Å². The fourth-order valence-electron chi connectivity index (χ4n) is 1.11. The smallest absolute Gasteiger partial charge is 0.217 e. The third-order valence-electron chi connectivity index (χ3n) is 2.13. The van der Waals surface area contributed by atoms with Crippen molar-refractivity contribution >= 4 is 21.6 Å². The van der Waals surface area contributed by atoms with E-state index in [0.29, 0.717) is 26.3 Å². The van der Waals surface area contributed by atoms with Crippen LogP contribution in [-0.4, -0.2) is 50.2 Å². The van der Waals surface area contributed by atoms with Crippen LogP contribution >= 0.6 is 11.6 Å². The average Bonchev–Trinajstić information content (AvgIpc) is 2.22. The fourth-order valence-corrected chi connectivity index (χ4v) is 2.94. The van der Waals surface area contributed by atoms with Crippen LogP contribution < -0.4 is 0 Å². The molecule has 1 unspecified atom stereocenters. The molecular weight excluding hydrogens is 238 g/mol. The molecule has 4 nitrogen and oxygen atoms in total. The molecule has 92 valence electrons. The molecule has 0 radical (unpaired) electrons. The number of ether oxygens (including phenoxy) is 1. The summed E-state index contributed by atoms with van der Waals surface area (Å²) in [5, 5.41) is -0.541. The first-order valence-corrected chi connectivity index (χ1v) is 7.17. The van der Waals surface area contributed by atoms with Crippen LogP contribution in [0.25, 0.3) is 0 Å². The monoisotopic (exact) mass is 257 g/mol. The predicted molar refractivity (Wildman–Crippen MR) is 62.8 cm³/mol. The second-order valence-electron chi connectivity index (χ2n) is 3.20. The number of nitrogens with zero attached hydrogens (tertiary/aromatic N) is 1. The summed E-state index contributed by atoms with van der Waals surface area (Å²) in [7, 11) is -3.26. The Balaban J connectivity index is 4.38. The van der Waals surface area contributed by atoms with Gasteiger partial charge in [0.15, 0.2) is 0 Å². The molecule has 0 aromatic heterocycles. The minimum atomic E-state index is -3.26. The first-order valence-electron chi connectivity index (χ1n) is 5.13. The summed E-state index contributed by atoms with van der Waals surface area (Å²) >= 11 is 5.56. The summed E-state index contributed by atoms with van der Waals surface area (Å²) in [5.74, 6) is 0.119. The zero-order valence-electron chi connectivity index (χ0n) is 9.57. The lowest BCUT2D eigenvalue weighted by atomic mass is 10.6. The molecule has 0 saturated heterocycles. The Morgan fingerprint density at radius 1 is 1.40 bits per heavy atom. The number of sulfonamides is 1. The molecule has 0 spiro atoms. The molecule has 0 heterocycles. The molecule has 0 bridgehead atoms. The number of likely N-dealkylation sites (N-methyl/N-ethyl adjacent to an activating group) is 1. The molecular formula is C9H20ClNO3S. The van der Waals surface area contributed by atoms with Gasteiger partial charge in [0.05, 0.1) is 11.9 Å². The Hall–Kier alpha value is 0.160. The Kier molecular flexibility index (Phi) is 7.52. The minimum absolute atomic E-state index is 0.119. The van der Waals surface area contributed by atoms with Crippen LogP contribution in [0.1, 0.15) is 20.8 Å². The Bertz CT molecular complexity index is 256. The summed E-state index contributed by atoms with van der Waals surface area (Å²) < 4.78 is 30.3. The molecule has 0 N–H and O–H groups in total. The fraction of sp³-hybridized carbons (Fsp3) is 1.00.